The number of amides is 1. The van der Waals surface area contributed by atoms with E-state index in [0.717, 1.165) is 12.1 Å². The summed E-state index contributed by atoms with van der Waals surface area (Å²) >= 11 is 0. The van der Waals surface area contributed by atoms with Gasteiger partial charge in [-0.15, -0.1) is 12.4 Å². The zero-order chi connectivity index (χ0) is 18.0. The number of hydrogen-bond donors (Lipinski definition) is 1. The van der Waals surface area contributed by atoms with Gasteiger partial charge in [0.15, 0.2) is 15.6 Å². The third kappa shape index (κ3) is 6.16. The van der Waals surface area contributed by atoms with Crippen LogP contribution in [0, 0.1) is 0 Å². The second kappa shape index (κ2) is 8.37. The van der Waals surface area contributed by atoms with Crippen LogP contribution in [0.3, 0.4) is 0 Å². The molecule has 0 unspecified atom stereocenters. The highest BCUT2D eigenvalue weighted by Crippen LogP contribution is 2.23. The fourth-order valence-electron chi connectivity index (χ4n) is 2.60. The molecule has 1 aromatic carbocycles. The van der Waals surface area contributed by atoms with Gasteiger partial charge in [-0.25, -0.2) is 8.42 Å². The van der Waals surface area contributed by atoms with Crippen LogP contribution in [-0.2, 0) is 21.1 Å². The molecular weight excluding hydrogens is 381 g/mol. The molecule has 1 fully saturated rings. The molecule has 1 saturated heterocycles. The van der Waals surface area contributed by atoms with Gasteiger partial charge in [-0.2, -0.15) is 13.2 Å². The number of halogens is 4. The van der Waals surface area contributed by atoms with Crippen molar-refractivity contribution in [1.29, 1.82) is 0 Å². The lowest BCUT2D eigenvalue weighted by molar-refractivity contribution is -0.133. The molecule has 0 aromatic heterocycles. The van der Waals surface area contributed by atoms with Crippen molar-refractivity contribution in [1.82, 2.24) is 10.2 Å². The quantitative estimate of drug-likeness (QED) is 0.837. The number of alkyl halides is 3. The van der Waals surface area contributed by atoms with Crippen LogP contribution in [0.5, 0.6) is 0 Å². The SMILES string of the molecule is C[C@@H]1CNCCN1C(=O)Cc1ccc(S(=O)(=O)CC(F)(F)F)cc1.Cl. The highest BCUT2D eigenvalue weighted by atomic mass is 35.5. The van der Waals surface area contributed by atoms with Crippen molar-refractivity contribution >= 4 is 28.2 Å². The van der Waals surface area contributed by atoms with Crippen molar-refractivity contribution in [2.75, 3.05) is 25.4 Å². The van der Waals surface area contributed by atoms with Crippen molar-refractivity contribution in [3.63, 3.8) is 0 Å². The predicted molar refractivity (Wildman–Crippen MR) is 89.5 cm³/mol. The smallest absolute Gasteiger partial charge is 0.337 e. The number of rotatable bonds is 4. The number of nitrogens with zero attached hydrogens (tertiary/aromatic N) is 1. The molecule has 1 amide bonds. The van der Waals surface area contributed by atoms with Crippen LogP contribution in [0.1, 0.15) is 12.5 Å². The third-order valence-corrected chi connectivity index (χ3v) is 5.51. The Kier molecular flexibility index (Phi) is 7.28. The average Bonchev–Trinajstić information content (AvgIpc) is 2.45. The van der Waals surface area contributed by atoms with Crippen molar-refractivity contribution in [3.8, 4) is 0 Å². The van der Waals surface area contributed by atoms with Gasteiger partial charge >= 0.3 is 6.18 Å². The molecule has 1 aliphatic rings. The molecular formula is C15H20ClF3N2O3S. The van der Waals surface area contributed by atoms with E-state index in [0.29, 0.717) is 25.2 Å². The van der Waals surface area contributed by atoms with Gasteiger partial charge in [0.25, 0.3) is 0 Å². The fourth-order valence-corrected chi connectivity index (χ4v) is 3.75. The summed E-state index contributed by atoms with van der Waals surface area (Å²) in [6.07, 6.45) is -4.70. The number of carbonyl (C=O) groups is 1. The zero-order valence-electron chi connectivity index (χ0n) is 13.5. The molecule has 5 nitrogen and oxygen atoms in total. The Morgan fingerprint density at radius 3 is 2.40 bits per heavy atom. The van der Waals surface area contributed by atoms with Gasteiger partial charge in [-0.3, -0.25) is 4.79 Å². The number of sulfone groups is 1. The summed E-state index contributed by atoms with van der Waals surface area (Å²) < 4.78 is 60.2. The van der Waals surface area contributed by atoms with E-state index in [-0.39, 0.29) is 30.8 Å². The van der Waals surface area contributed by atoms with Crippen LogP contribution in [-0.4, -0.2) is 56.8 Å². The third-order valence-electron chi connectivity index (χ3n) is 3.81. The largest absolute Gasteiger partial charge is 0.403 e. The van der Waals surface area contributed by atoms with Crippen molar-refractivity contribution in [3.05, 3.63) is 29.8 Å². The summed E-state index contributed by atoms with van der Waals surface area (Å²) in [5.74, 6) is -1.98. The minimum Gasteiger partial charge on any atom is -0.337 e. The van der Waals surface area contributed by atoms with Crippen LogP contribution in [0.4, 0.5) is 13.2 Å². The Bertz CT molecular complexity index is 693. The molecule has 1 atom stereocenters. The number of carbonyl (C=O) groups excluding carboxylic acids is 1. The van der Waals surface area contributed by atoms with Crippen molar-refractivity contribution < 1.29 is 26.4 Å². The molecule has 0 radical (unpaired) electrons. The Hall–Kier alpha value is -1.32. The summed E-state index contributed by atoms with van der Waals surface area (Å²) in [7, 11) is -4.42. The average molecular weight is 401 g/mol. The summed E-state index contributed by atoms with van der Waals surface area (Å²) in [5, 5.41) is 3.17. The van der Waals surface area contributed by atoms with Gasteiger partial charge in [0, 0.05) is 25.7 Å². The first-order chi connectivity index (χ1) is 11.1. The fraction of sp³-hybridized carbons (Fsp3) is 0.533. The molecule has 1 aromatic rings. The van der Waals surface area contributed by atoms with E-state index in [9.17, 15) is 26.4 Å². The van der Waals surface area contributed by atoms with Gasteiger partial charge in [0.1, 0.15) is 0 Å². The zero-order valence-corrected chi connectivity index (χ0v) is 15.2. The number of hydrogen-bond acceptors (Lipinski definition) is 4. The first kappa shape index (κ1) is 21.7. The monoisotopic (exact) mass is 400 g/mol. The molecule has 2 rings (SSSR count). The summed E-state index contributed by atoms with van der Waals surface area (Å²) in [6, 6.07) is 5.07. The molecule has 0 aliphatic carbocycles. The molecule has 1 heterocycles. The van der Waals surface area contributed by atoms with Crippen molar-refractivity contribution in [2.45, 2.75) is 30.5 Å². The van der Waals surface area contributed by atoms with E-state index >= 15 is 0 Å². The Morgan fingerprint density at radius 2 is 1.88 bits per heavy atom. The molecule has 25 heavy (non-hydrogen) atoms. The van der Waals surface area contributed by atoms with Crippen molar-refractivity contribution in [2.24, 2.45) is 0 Å². The number of benzene rings is 1. The van der Waals surface area contributed by atoms with E-state index in [1.165, 1.54) is 12.1 Å². The Morgan fingerprint density at radius 1 is 1.28 bits per heavy atom. The topological polar surface area (TPSA) is 66.5 Å². The number of nitrogens with one attached hydrogen (secondary N) is 1. The van der Waals surface area contributed by atoms with Crippen LogP contribution >= 0.6 is 12.4 Å². The normalized spacial score (nSPS) is 18.6. The second-order valence-electron chi connectivity index (χ2n) is 5.84. The predicted octanol–water partition coefficient (Wildman–Crippen LogP) is 1.81. The lowest BCUT2D eigenvalue weighted by atomic mass is 10.1. The van der Waals surface area contributed by atoms with E-state index in [1.54, 1.807) is 4.90 Å². The molecule has 142 valence electrons. The maximum absolute atomic E-state index is 12.3. The maximum Gasteiger partial charge on any atom is 0.403 e. The minimum absolute atomic E-state index is 0. The molecule has 1 aliphatic heterocycles. The van der Waals surface area contributed by atoms with E-state index in [4.69, 9.17) is 0 Å². The molecule has 0 saturated carbocycles. The van der Waals surface area contributed by atoms with Crippen LogP contribution in [0.15, 0.2) is 29.2 Å². The first-order valence-electron chi connectivity index (χ1n) is 7.47. The highest BCUT2D eigenvalue weighted by molar-refractivity contribution is 7.91. The van der Waals surface area contributed by atoms with E-state index in [2.05, 4.69) is 5.32 Å². The van der Waals surface area contributed by atoms with Crippen LogP contribution in [0.2, 0.25) is 0 Å². The molecule has 0 spiro atoms. The molecule has 10 heteroatoms. The standard InChI is InChI=1S/C15H19F3N2O3S.ClH/c1-11-9-19-6-7-20(11)14(21)8-12-2-4-13(5-3-12)24(22,23)10-15(16,17)18;/h2-5,11,19H,6-10H2,1H3;1H/t11-;/m1./s1. The second-order valence-corrected chi connectivity index (χ2v) is 7.82. The minimum atomic E-state index is -4.79. The Labute approximate surface area is 150 Å². The van der Waals surface area contributed by atoms with Crippen LogP contribution < -0.4 is 5.32 Å². The van der Waals surface area contributed by atoms with Gasteiger partial charge in [0.05, 0.1) is 11.3 Å². The van der Waals surface area contributed by atoms with Crippen LogP contribution in [0.25, 0.3) is 0 Å². The van der Waals surface area contributed by atoms with Gasteiger partial charge in [0.2, 0.25) is 5.91 Å². The lowest BCUT2D eigenvalue weighted by Crippen LogP contribution is -2.52. The van der Waals surface area contributed by atoms with E-state index in [1.807, 2.05) is 6.92 Å². The summed E-state index contributed by atoms with van der Waals surface area (Å²) in [6.45, 7) is 3.94. The molecule has 1 N–H and O–H groups in total. The summed E-state index contributed by atoms with van der Waals surface area (Å²) in [4.78, 5) is 13.6. The number of piperazine rings is 1. The van der Waals surface area contributed by atoms with Gasteiger partial charge < -0.3 is 10.2 Å². The lowest BCUT2D eigenvalue weighted by Gasteiger charge is -2.34. The highest BCUT2D eigenvalue weighted by Gasteiger charge is 2.35. The van der Waals surface area contributed by atoms with Gasteiger partial charge in [-0.1, -0.05) is 12.1 Å². The Balaban J connectivity index is 0.00000312. The summed E-state index contributed by atoms with van der Waals surface area (Å²) in [5.41, 5.74) is 0.566. The first-order valence-corrected chi connectivity index (χ1v) is 9.12. The molecule has 0 bridgehead atoms. The maximum atomic E-state index is 12.3. The van der Waals surface area contributed by atoms with E-state index < -0.39 is 26.7 Å². The van der Waals surface area contributed by atoms with Gasteiger partial charge in [-0.05, 0) is 24.6 Å².